The topological polar surface area (TPSA) is 89.3 Å². The van der Waals surface area contributed by atoms with E-state index < -0.39 is 0 Å². The minimum Gasteiger partial charge on any atom is -0.381 e. The van der Waals surface area contributed by atoms with Crippen molar-refractivity contribution >= 4 is 23.3 Å². The number of ether oxygens (including phenoxy) is 1. The van der Waals surface area contributed by atoms with Crippen LogP contribution in [0.1, 0.15) is 30.1 Å². The molecule has 0 unspecified atom stereocenters. The predicted octanol–water partition coefficient (Wildman–Crippen LogP) is 1.32. The number of nitrogens with two attached hydrogens (primary N) is 1. The molecule has 1 amide bonds. The summed E-state index contributed by atoms with van der Waals surface area (Å²) in [7, 11) is 0. The van der Waals surface area contributed by atoms with E-state index in [2.05, 4.69) is 15.7 Å². The number of pyridine rings is 1. The number of carbonyl (C=O) groups is 1. The van der Waals surface area contributed by atoms with Gasteiger partial charge >= 0.3 is 0 Å². The number of hydrazine groups is 1. The largest absolute Gasteiger partial charge is 0.381 e. The van der Waals surface area contributed by atoms with Gasteiger partial charge in [-0.3, -0.25) is 4.79 Å². The minimum atomic E-state index is -0.249. The van der Waals surface area contributed by atoms with E-state index in [9.17, 15) is 4.79 Å². The van der Waals surface area contributed by atoms with E-state index in [0.717, 1.165) is 12.8 Å². The van der Waals surface area contributed by atoms with E-state index in [1.165, 1.54) is 6.07 Å². The second-order valence-corrected chi connectivity index (χ2v) is 5.22. The highest BCUT2D eigenvalue weighted by Crippen LogP contribution is 2.21. The highest BCUT2D eigenvalue weighted by Gasteiger charge is 2.29. The van der Waals surface area contributed by atoms with E-state index in [1.54, 1.807) is 6.07 Å². The van der Waals surface area contributed by atoms with Crippen LogP contribution in [0.3, 0.4) is 0 Å². The van der Waals surface area contributed by atoms with Crippen molar-refractivity contribution in [1.82, 2.24) is 10.3 Å². The summed E-state index contributed by atoms with van der Waals surface area (Å²) in [6.07, 6.45) is 1.58. The number of nitrogens with one attached hydrogen (secondary N) is 2. The maximum absolute atomic E-state index is 12.2. The Hall–Kier alpha value is -1.37. The van der Waals surface area contributed by atoms with Crippen LogP contribution in [0.15, 0.2) is 12.1 Å². The molecular weight excluding hydrogens is 268 g/mol. The zero-order valence-corrected chi connectivity index (χ0v) is 11.5. The SMILES string of the molecule is CC1(NC(=O)c2cc(Cl)nc(NN)c2)CCOCC1. The highest BCUT2D eigenvalue weighted by atomic mass is 35.5. The number of halogens is 1. The van der Waals surface area contributed by atoms with Crippen molar-refractivity contribution in [2.75, 3.05) is 18.6 Å². The Morgan fingerprint density at radius 1 is 1.47 bits per heavy atom. The molecule has 4 N–H and O–H groups in total. The quantitative estimate of drug-likeness (QED) is 0.442. The predicted molar refractivity (Wildman–Crippen MR) is 73.0 cm³/mol. The first-order chi connectivity index (χ1) is 9.02. The fourth-order valence-electron chi connectivity index (χ4n) is 2.00. The number of nitrogen functional groups attached to an aromatic ring is 1. The minimum absolute atomic E-state index is 0.190. The summed E-state index contributed by atoms with van der Waals surface area (Å²) in [5.74, 6) is 5.45. The Labute approximate surface area is 116 Å². The van der Waals surface area contributed by atoms with Crippen molar-refractivity contribution in [3.05, 3.63) is 22.8 Å². The first-order valence-corrected chi connectivity index (χ1v) is 6.45. The number of hydrogen-bond donors (Lipinski definition) is 3. The first-order valence-electron chi connectivity index (χ1n) is 6.07. The molecule has 2 heterocycles. The van der Waals surface area contributed by atoms with Gasteiger partial charge in [0, 0.05) is 24.3 Å². The molecule has 0 radical (unpaired) electrons. The molecular formula is C12H17ClN4O2. The molecule has 0 aromatic carbocycles. The average Bonchev–Trinajstić information content (AvgIpc) is 2.38. The third-order valence-electron chi connectivity index (χ3n) is 3.22. The van der Waals surface area contributed by atoms with E-state index in [-0.39, 0.29) is 16.6 Å². The summed E-state index contributed by atoms with van der Waals surface area (Å²) < 4.78 is 5.30. The normalized spacial score (nSPS) is 17.8. The molecule has 1 aliphatic rings. The van der Waals surface area contributed by atoms with E-state index >= 15 is 0 Å². The number of nitrogens with zero attached hydrogens (tertiary/aromatic N) is 1. The molecule has 7 heteroatoms. The van der Waals surface area contributed by atoms with Crippen LogP contribution in [0.25, 0.3) is 0 Å². The van der Waals surface area contributed by atoms with Gasteiger partial charge in [0.1, 0.15) is 11.0 Å². The molecule has 1 aromatic rings. The molecule has 19 heavy (non-hydrogen) atoms. The summed E-state index contributed by atoms with van der Waals surface area (Å²) >= 11 is 5.84. The fourth-order valence-corrected chi connectivity index (χ4v) is 2.20. The lowest BCUT2D eigenvalue weighted by Gasteiger charge is -2.34. The summed E-state index contributed by atoms with van der Waals surface area (Å²) in [5, 5.41) is 3.24. The van der Waals surface area contributed by atoms with Crippen molar-refractivity contribution in [3.8, 4) is 0 Å². The van der Waals surface area contributed by atoms with Gasteiger partial charge in [-0.05, 0) is 31.9 Å². The average molecular weight is 285 g/mol. The molecule has 1 aliphatic heterocycles. The third-order valence-corrected chi connectivity index (χ3v) is 3.41. The van der Waals surface area contributed by atoms with Crippen LogP contribution in [0, 0.1) is 0 Å². The van der Waals surface area contributed by atoms with Gasteiger partial charge < -0.3 is 15.5 Å². The van der Waals surface area contributed by atoms with Gasteiger partial charge in [0.15, 0.2) is 0 Å². The highest BCUT2D eigenvalue weighted by molar-refractivity contribution is 6.29. The summed E-state index contributed by atoms with van der Waals surface area (Å²) in [6, 6.07) is 3.07. The second kappa shape index (κ2) is 5.73. The van der Waals surface area contributed by atoms with Crippen LogP contribution in [0.4, 0.5) is 5.82 Å². The van der Waals surface area contributed by atoms with Gasteiger partial charge in [0.2, 0.25) is 0 Å². The Kier molecular flexibility index (Phi) is 4.24. The smallest absolute Gasteiger partial charge is 0.251 e. The summed E-state index contributed by atoms with van der Waals surface area (Å²) in [5.41, 5.74) is 2.56. The number of hydrogen-bond acceptors (Lipinski definition) is 5. The van der Waals surface area contributed by atoms with Crippen molar-refractivity contribution in [1.29, 1.82) is 0 Å². The summed E-state index contributed by atoms with van der Waals surface area (Å²) in [6.45, 7) is 3.32. The van der Waals surface area contributed by atoms with Gasteiger partial charge in [0.25, 0.3) is 5.91 Å². The second-order valence-electron chi connectivity index (χ2n) is 4.84. The third kappa shape index (κ3) is 3.56. The number of aromatic nitrogens is 1. The van der Waals surface area contributed by atoms with Gasteiger partial charge in [-0.2, -0.15) is 0 Å². The van der Waals surface area contributed by atoms with Crippen LogP contribution < -0.4 is 16.6 Å². The van der Waals surface area contributed by atoms with Crippen molar-refractivity contribution in [2.45, 2.75) is 25.3 Å². The van der Waals surface area contributed by atoms with Gasteiger partial charge in [-0.1, -0.05) is 11.6 Å². The molecule has 2 rings (SSSR count). The van der Waals surface area contributed by atoms with E-state index in [4.69, 9.17) is 22.2 Å². The fraction of sp³-hybridized carbons (Fsp3) is 0.500. The lowest BCUT2D eigenvalue weighted by molar-refractivity contribution is 0.0423. The van der Waals surface area contributed by atoms with Crippen LogP contribution in [-0.4, -0.2) is 29.6 Å². The number of anilines is 1. The summed E-state index contributed by atoms with van der Waals surface area (Å²) in [4.78, 5) is 16.2. The van der Waals surface area contributed by atoms with Crippen LogP contribution in [0.2, 0.25) is 5.15 Å². The van der Waals surface area contributed by atoms with E-state index in [0.29, 0.717) is 24.6 Å². The lowest BCUT2D eigenvalue weighted by Crippen LogP contribution is -2.49. The zero-order valence-electron chi connectivity index (χ0n) is 10.7. The zero-order chi connectivity index (χ0) is 13.9. The number of amides is 1. The van der Waals surface area contributed by atoms with Gasteiger partial charge in [0.05, 0.1) is 0 Å². The van der Waals surface area contributed by atoms with Gasteiger partial charge in [-0.15, -0.1) is 0 Å². The Bertz CT molecular complexity index is 475. The number of carbonyl (C=O) groups excluding carboxylic acids is 1. The maximum atomic E-state index is 12.2. The molecule has 0 aliphatic carbocycles. The molecule has 6 nitrogen and oxygen atoms in total. The Balaban J connectivity index is 2.13. The Morgan fingerprint density at radius 2 is 2.16 bits per heavy atom. The van der Waals surface area contributed by atoms with Crippen LogP contribution >= 0.6 is 11.6 Å². The van der Waals surface area contributed by atoms with E-state index in [1.807, 2.05) is 6.92 Å². The lowest BCUT2D eigenvalue weighted by atomic mass is 9.92. The van der Waals surface area contributed by atoms with Crippen molar-refractivity contribution in [3.63, 3.8) is 0 Å². The molecule has 0 spiro atoms. The monoisotopic (exact) mass is 284 g/mol. The molecule has 1 aromatic heterocycles. The van der Waals surface area contributed by atoms with Gasteiger partial charge in [-0.25, -0.2) is 10.8 Å². The molecule has 0 saturated carbocycles. The molecule has 0 bridgehead atoms. The van der Waals surface area contributed by atoms with Crippen molar-refractivity contribution in [2.24, 2.45) is 5.84 Å². The van der Waals surface area contributed by atoms with Crippen molar-refractivity contribution < 1.29 is 9.53 Å². The molecule has 1 saturated heterocycles. The van der Waals surface area contributed by atoms with Crippen LogP contribution in [0.5, 0.6) is 0 Å². The molecule has 0 atom stereocenters. The standard InChI is InChI=1S/C12H17ClN4O2/c1-12(2-4-19-5-3-12)16-11(18)8-6-9(13)15-10(7-8)17-14/h6-7H,2-5,14H2,1H3,(H,15,17)(H,16,18). The molecule has 104 valence electrons. The molecule has 1 fully saturated rings. The Morgan fingerprint density at radius 3 is 2.79 bits per heavy atom. The first kappa shape index (κ1) is 14.0. The number of rotatable bonds is 3. The maximum Gasteiger partial charge on any atom is 0.251 e. The van der Waals surface area contributed by atoms with Crippen LogP contribution in [-0.2, 0) is 4.74 Å².